The molecule has 37 heavy (non-hydrogen) atoms. The Balaban J connectivity index is 1.49. The van der Waals surface area contributed by atoms with Crippen molar-refractivity contribution in [2.75, 3.05) is 5.32 Å². The average Bonchev–Trinajstić information content (AvgIpc) is 3.40. The third-order valence-corrected chi connectivity index (χ3v) is 7.11. The number of ether oxygens (including phenoxy) is 1. The molecule has 2 unspecified atom stereocenters. The summed E-state index contributed by atoms with van der Waals surface area (Å²) in [6.45, 7) is 2.60. The summed E-state index contributed by atoms with van der Waals surface area (Å²) in [4.78, 5) is 36.5. The number of hydroxylamine groups is 1. The number of unbranched alkanes of at least 4 members (excludes halogenated alkanes) is 3. The Morgan fingerprint density at radius 2 is 1.70 bits per heavy atom. The van der Waals surface area contributed by atoms with Gasteiger partial charge in [0.1, 0.15) is 12.1 Å². The first-order valence-corrected chi connectivity index (χ1v) is 13.6. The molecule has 4 N–H and O–H groups in total. The lowest BCUT2D eigenvalue weighted by molar-refractivity contribution is -0.152. The van der Waals surface area contributed by atoms with E-state index in [0.29, 0.717) is 19.4 Å². The molecule has 1 saturated carbocycles. The van der Waals surface area contributed by atoms with Crippen molar-refractivity contribution in [3.63, 3.8) is 0 Å². The molecule has 2 aliphatic rings. The van der Waals surface area contributed by atoms with Crippen LogP contribution in [0.5, 0.6) is 0 Å². The molecule has 3 rings (SSSR count). The van der Waals surface area contributed by atoms with Crippen molar-refractivity contribution < 1.29 is 24.3 Å². The Morgan fingerprint density at radius 3 is 2.41 bits per heavy atom. The van der Waals surface area contributed by atoms with Crippen molar-refractivity contribution >= 4 is 23.5 Å². The van der Waals surface area contributed by atoms with Crippen LogP contribution in [-0.2, 0) is 25.7 Å². The van der Waals surface area contributed by atoms with Crippen LogP contribution in [0.2, 0.25) is 0 Å². The van der Waals surface area contributed by atoms with Gasteiger partial charge in [-0.05, 0) is 62.1 Å². The van der Waals surface area contributed by atoms with Gasteiger partial charge in [-0.25, -0.2) is 5.48 Å². The molecule has 8 heteroatoms. The maximum atomic E-state index is 13.2. The van der Waals surface area contributed by atoms with Crippen molar-refractivity contribution in [3.8, 4) is 0 Å². The predicted molar refractivity (Wildman–Crippen MR) is 143 cm³/mol. The van der Waals surface area contributed by atoms with Crippen LogP contribution >= 0.6 is 0 Å². The van der Waals surface area contributed by atoms with Crippen LogP contribution in [-0.4, -0.2) is 35.1 Å². The summed E-state index contributed by atoms with van der Waals surface area (Å²) in [7, 11) is 0. The zero-order valence-electron chi connectivity index (χ0n) is 21.8. The predicted octanol–water partition coefficient (Wildman–Crippen LogP) is 4.79. The first kappa shape index (κ1) is 28.6. The summed E-state index contributed by atoms with van der Waals surface area (Å²) in [6, 6.07) is 7.22. The normalized spacial score (nSPS) is 19.9. The van der Waals surface area contributed by atoms with E-state index in [1.54, 1.807) is 5.48 Å². The summed E-state index contributed by atoms with van der Waals surface area (Å²) in [5.41, 5.74) is 3.32. The maximum absolute atomic E-state index is 13.2. The first-order chi connectivity index (χ1) is 18.0. The number of carbonyl (C=O) groups excluding carboxylic acids is 3. The third kappa shape index (κ3) is 9.78. The molecular formula is C29H41N3O5. The van der Waals surface area contributed by atoms with Crippen LogP contribution in [0.3, 0.4) is 0 Å². The van der Waals surface area contributed by atoms with E-state index in [2.05, 4.69) is 29.7 Å². The summed E-state index contributed by atoms with van der Waals surface area (Å²) in [6.07, 6.45) is 16.1. The van der Waals surface area contributed by atoms with Crippen molar-refractivity contribution in [2.45, 2.75) is 89.8 Å². The van der Waals surface area contributed by atoms with Crippen LogP contribution < -0.4 is 16.1 Å². The molecule has 3 atom stereocenters. The number of hydrogen-bond acceptors (Lipinski definition) is 6. The van der Waals surface area contributed by atoms with Gasteiger partial charge in [-0.15, -0.1) is 0 Å². The molecule has 2 amide bonds. The van der Waals surface area contributed by atoms with E-state index in [-0.39, 0.29) is 42.1 Å². The second kappa shape index (κ2) is 15.3. The van der Waals surface area contributed by atoms with Crippen LogP contribution in [0.25, 0.3) is 0 Å². The molecule has 0 aliphatic heterocycles. The van der Waals surface area contributed by atoms with Crippen LogP contribution in [0.4, 0.5) is 5.69 Å². The molecule has 1 aromatic carbocycles. The van der Waals surface area contributed by atoms with Gasteiger partial charge in [0.2, 0.25) is 11.8 Å². The van der Waals surface area contributed by atoms with Gasteiger partial charge in [0.15, 0.2) is 0 Å². The Labute approximate surface area is 219 Å². The van der Waals surface area contributed by atoms with Crippen LogP contribution in [0.1, 0.15) is 76.7 Å². The lowest BCUT2D eigenvalue weighted by atomic mass is 9.84. The molecule has 1 aromatic rings. The van der Waals surface area contributed by atoms with Crippen molar-refractivity contribution in [2.24, 2.45) is 11.8 Å². The van der Waals surface area contributed by atoms with E-state index in [1.807, 2.05) is 36.4 Å². The number of carbonyl (C=O) groups is 3. The summed E-state index contributed by atoms with van der Waals surface area (Å²) in [5, 5.41) is 14.9. The zero-order chi connectivity index (χ0) is 26.5. The van der Waals surface area contributed by atoms with Crippen LogP contribution in [0, 0.1) is 11.8 Å². The highest BCUT2D eigenvalue weighted by atomic mass is 16.5. The maximum Gasteiger partial charge on any atom is 0.324 e. The molecule has 0 spiro atoms. The molecule has 0 radical (unpaired) electrons. The highest BCUT2D eigenvalue weighted by Crippen LogP contribution is 2.27. The molecule has 0 bridgehead atoms. The summed E-state index contributed by atoms with van der Waals surface area (Å²) >= 11 is 0. The molecule has 0 aromatic heterocycles. The number of allylic oxidation sites excluding steroid dienone is 3. The number of nitrogens with one attached hydrogen (secondary N) is 3. The van der Waals surface area contributed by atoms with Crippen molar-refractivity contribution in [1.82, 2.24) is 10.8 Å². The molecule has 1 fully saturated rings. The molecule has 8 nitrogen and oxygen atoms in total. The SMILES string of the molecule is CC1C=CC=CC1[C@H](NCc1cccc(NC(=O)CCCCCCC(=O)NO)c1)C(=O)OC1CCCC1. The Kier molecular flexibility index (Phi) is 11.8. The summed E-state index contributed by atoms with van der Waals surface area (Å²) < 4.78 is 5.87. The highest BCUT2D eigenvalue weighted by Gasteiger charge is 2.33. The van der Waals surface area contributed by atoms with E-state index in [4.69, 9.17) is 9.94 Å². The van der Waals surface area contributed by atoms with Gasteiger partial charge >= 0.3 is 5.97 Å². The fraction of sp³-hybridized carbons (Fsp3) is 0.552. The molecular weight excluding hydrogens is 470 g/mol. The van der Waals surface area contributed by atoms with E-state index in [1.165, 1.54) is 0 Å². The Bertz CT molecular complexity index is 955. The van der Waals surface area contributed by atoms with Gasteiger partial charge in [0, 0.05) is 31.0 Å². The second-order valence-corrected chi connectivity index (χ2v) is 10.1. The molecule has 2 aliphatic carbocycles. The number of benzene rings is 1. The minimum Gasteiger partial charge on any atom is -0.461 e. The largest absolute Gasteiger partial charge is 0.461 e. The molecule has 202 valence electrons. The van der Waals surface area contributed by atoms with E-state index in [9.17, 15) is 14.4 Å². The number of hydrogen-bond donors (Lipinski definition) is 4. The second-order valence-electron chi connectivity index (χ2n) is 10.1. The fourth-order valence-corrected chi connectivity index (χ4v) is 4.96. The quantitative estimate of drug-likeness (QED) is 0.123. The Morgan fingerprint density at radius 1 is 1.00 bits per heavy atom. The zero-order valence-corrected chi connectivity index (χ0v) is 21.8. The minimum absolute atomic E-state index is 0.0137. The minimum atomic E-state index is -0.446. The van der Waals surface area contributed by atoms with Gasteiger partial charge < -0.3 is 10.1 Å². The number of amides is 2. The van der Waals surface area contributed by atoms with Gasteiger partial charge in [-0.3, -0.25) is 24.9 Å². The van der Waals surface area contributed by atoms with E-state index in [0.717, 1.165) is 56.2 Å². The lowest BCUT2D eigenvalue weighted by Crippen LogP contribution is -2.46. The number of esters is 1. The molecule has 0 heterocycles. The standard InChI is InChI=1S/C29H41N3O5/c1-21-11-6-9-16-25(21)28(29(35)37-24-14-7-8-15-24)30-20-22-12-10-13-23(19-22)31-26(33)17-4-2-3-5-18-27(34)32-36/h6,9-13,16,19,21,24-25,28,30,36H,2-5,7-8,14-15,17-18,20H2,1H3,(H,31,33)(H,32,34)/t21?,25?,28-/m0/s1. The third-order valence-electron chi connectivity index (χ3n) is 7.11. The monoisotopic (exact) mass is 511 g/mol. The molecule has 0 saturated heterocycles. The number of rotatable bonds is 14. The van der Waals surface area contributed by atoms with Gasteiger partial charge in [0.25, 0.3) is 0 Å². The van der Waals surface area contributed by atoms with Gasteiger partial charge in [0.05, 0.1) is 0 Å². The van der Waals surface area contributed by atoms with Crippen molar-refractivity contribution in [3.05, 3.63) is 54.1 Å². The van der Waals surface area contributed by atoms with E-state index < -0.39 is 6.04 Å². The lowest BCUT2D eigenvalue weighted by Gasteiger charge is -2.30. The van der Waals surface area contributed by atoms with Gasteiger partial charge in [-0.2, -0.15) is 0 Å². The smallest absolute Gasteiger partial charge is 0.324 e. The van der Waals surface area contributed by atoms with Crippen molar-refractivity contribution in [1.29, 1.82) is 0 Å². The number of anilines is 1. The van der Waals surface area contributed by atoms with E-state index >= 15 is 0 Å². The van der Waals surface area contributed by atoms with Crippen LogP contribution in [0.15, 0.2) is 48.6 Å². The average molecular weight is 512 g/mol. The topological polar surface area (TPSA) is 117 Å². The Hall–Kier alpha value is -2.97. The summed E-state index contributed by atoms with van der Waals surface area (Å²) in [5.74, 6) is -0.393. The fourth-order valence-electron chi connectivity index (χ4n) is 4.96. The highest BCUT2D eigenvalue weighted by molar-refractivity contribution is 5.90. The van der Waals surface area contributed by atoms with Gasteiger partial charge in [-0.1, -0.05) is 56.2 Å². The first-order valence-electron chi connectivity index (χ1n) is 13.6.